The molecule has 0 aliphatic heterocycles. The molecule has 6 heteroatoms. The SMILES string of the molecule is COC(=O)c1c(N)c(C#N)cn1-c1cc(C)c(C)cc1Cl. The maximum Gasteiger partial charge on any atom is 0.357 e. The molecular weight excluding hydrogens is 290 g/mol. The van der Waals surface area contributed by atoms with E-state index in [9.17, 15) is 4.79 Å². The van der Waals surface area contributed by atoms with E-state index in [4.69, 9.17) is 27.3 Å². The highest BCUT2D eigenvalue weighted by Gasteiger charge is 2.23. The van der Waals surface area contributed by atoms with Crippen LogP contribution < -0.4 is 5.73 Å². The minimum atomic E-state index is -0.622. The zero-order valence-corrected chi connectivity index (χ0v) is 12.7. The molecule has 108 valence electrons. The third kappa shape index (κ3) is 2.46. The summed E-state index contributed by atoms with van der Waals surface area (Å²) in [5.41, 5.74) is 8.86. The summed E-state index contributed by atoms with van der Waals surface area (Å²) in [7, 11) is 1.26. The molecule has 0 spiro atoms. The fourth-order valence-electron chi connectivity index (χ4n) is 2.05. The van der Waals surface area contributed by atoms with Gasteiger partial charge >= 0.3 is 5.97 Å². The molecule has 0 unspecified atom stereocenters. The summed E-state index contributed by atoms with van der Waals surface area (Å²) in [5, 5.41) is 9.56. The molecule has 0 bridgehead atoms. The van der Waals surface area contributed by atoms with Gasteiger partial charge in [-0.1, -0.05) is 11.6 Å². The number of nitrogens with zero attached hydrogens (tertiary/aromatic N) is 2. The van der Waals surface area contributed by atoms with E-state index in [-0.39, 0.29) is 16.9 Å². The number of hydrogen-bond donors (Lipinski definition) is 1. The third-order valence-electron chi connectivity index (χ3n) is 3.37. The molecule has 2 aromatic rings. The van der Waals surface area contributed by atoms with Crippen LogP contribution in [0.15, 0.2) is 18.3 Å². The van der Waals surface area contributed by atoms with Gasteiger partial charge in [-0.05, 0) is 37.1 Å². The van der Waals surface area contributed by atoms with E-state index in [2.05, 4.69) is 0 Å². The summed E-state index contributed by atoms with van der Waals surface area (Å²) >= 11 is 6.26. The minimum Gasteiger partial charge on any atom is -0.464 e. The van der Waals surface area contributed by atoms with Gasteiger partial charge in [-0.2, -0.15) is 5.26 Å². The van der Waals surface area contributed by atoms with Gasteiger partial charge in [-0.15, -0.1) is 0 Å². The number of esters is 1. The Bertz CT molecular complexity index is 772. The molecule has 1 aromatic heterocycles. The first-order valence-corrected chi connectivity index (χ1v) is 6.54. The van der Waals surface area contributed by atoms with Crippen molar-refractivity contribution in [3.8, 4) is 11.8 Å². The first kappa shape index (κ1) is 14.9. The smallest absolute Gasteiger partial charge is 0.357 e. The number of nitrogens with two attached hydrogens (primary N) is 1. The van der Waals surface area contributed by atoms with Crippen molar-refractivity contribution in [1.29, 1.82) is 5.26 Å². The molecule has 0 amide bonds. The van der Waals surface area contributed by atoms with Gasteiger partial charge in [0.15, 0.2) is 5.69 Å². The van der Waals surface area contributed by atoms with Crippen molar-refractivity contribution in [2.75, 3.05) is 12.8 Å². The van der Waals surface area contributed by atoms with Crippen LogP contribution in [0.3, 0.4) is 0 Å². The predicted molar refractivity (Wildman–Crippen MR) is 80.7 cm³/mol. The van der Waals surface area contributed by atoms with E-state index in [0.717, 1.165) is 11.1 Å². The summed E-state index contributed by atoms with van der Waals surface area (Å²) < 4.78 is 6.23. The van der Waals surface area contributed by atoms with E-state index >= 15 is 0 Å². The van der Waals surface area contributed by atoms with Crippen LogP contribution in [0.4, 0.5) is 5.69 Å². The number of methoxy groups -OCH3 is 1. The van der Waals surface area contributed by atoms with E-state index in [1.54, 1.807) is 6.07 Å². The molecule has 1 aromatic carbocycles. The standard InChI is InChI=1S/C15H14ClN3O2/c1-8-4-11(16)12(5-9(8)2)19-7-10(6-17)13(18)14(19)15(20)21-3/h4-5,7H,18H2,1-3H3. The van der Waals surface area contributed by atoms with Gasteiger partial charge < -0.3 is 15.0 Å². The second kappa shape index (κ2) is 5.51. The second-order valence-corrected chi connectivity index (χ2v) is 5.07. The van der Waals surface area contributed by atoms with Gasteiger partial charge in [-0.3, -0.25) is 0 Å². The Morgan fingerprint density at radius 3 is 2.57 bits per heavy atom. The summed E-state index contributed by atoms with van der Waals surface area (Å²) in [6.07, 6.45) is 1.48. The zero-order valence-electron chi connectivity index (χ0n) is 11.9. The summed E-state index contributed by atoms with van der Waals surface area (Å²) in [6, 6.07) is 5.59. The van der Waals surface area contributed by atoms with Crippen LogP contribution >= 0.6 is 11.6 Å². The minimum absolute atomic E-state index is 0.0821. The first-order valence-electron chi connectivity index (χ1n) is 6.17. The molecule has 0 aliphatic carbocycles. The highest BCUT2D eigenvalue weighted by molar-refractivity contribution is 6.32. The second-order valence-electron chi connectivity index (χ2n) is 4.67. The number of anilines is 1. The highest BCUT2D eigenvalue weighted by Crippen LogP contribution is 2.30. The number of benzene rings is 1. The Balaban J connectivity index is 2.78. The maximum absolute atomic E-state index is 11.9. The van der Waals surface area contributed by atoms with E-state index in [1.165, 1.54) is 17.9 Å². The Hall–Kier alpha value is -2.45. The van der Waals surface area contributed by atoms with Crippen molar-refractivity contribution in [2.45, 2.75) is 13.8 Å². The number of rotatable bonds is 2. The number of ether oxygens (including phenoxy) is 1. The lowest BCUT2D eigenvalue weighted by molar-refractivity contribution is 0.0593. The normalized spacial score (nSPS) is 10.2. The van der Waals surface area contributed by atoms with Crippen LogP contribution in [-0.2, 0) is 4.74 Å². The molecule has 0 atom stereocenters. The van der Waals surface area contributed by atoms with Crippen molar-refractivity contribution in [3.05, 3.63) is 45.7 Å². The quantitative estimate of drug-likeness (QED) is 0.865. The fraction of sp³-hybridized carbons (Fsp3) is 0.200. The topological polar surface area (TPSA) is 81.0 Å². The van der Waals surface area contributed by atoms with E-state index < -0.39 is 5.97 Å². The van der Waals surface area contributed by atoms with Gasteiger partial charge in [0.1, 0.15) is 6.07 Å². The van der Waals surface area contributed by atoms with Gasteiger partial charge in [0.05, 0.1) is 29.1 Å². The van der Waals surface area contributed by atoms with Crippen molar-refractivity contribution in [3.63, 3.8) is 0 Å². The average molecular weight is 304 g/mol. The van der Waals surface area contributed by atoms with Crippen LogP contribution in [0, 0.1) is 25.2 Å². The van der Waals surface area contributed by atoms with Gasteiger partial charge in [0, 0.05) is 6.20 Å². The van der Waals surface area contributed by atoms with Crippen LogP contribution in [-0.4, -0.2) is 17.6 Å². The number of nitriles is 1. The number of carbonyl (C=O) groups excluding carboxylic acids is 1. The Labute approximate surface area is 127 Å². The molecule has 0 aliphatic rings. The first-order chi connectivity index (χ1) is 9.90. The van der Waals surface area contributed by atoms with Gasteiger partial charge in [0.25, 0.3) is 0 Å². The van der Waals surface area contributed by atoms with Crippen molar-refractivity contribution in [1.82, 2.24) is 4.57 Å². The van der Waals surface area contributed by atoms with Crippen LogP contribution in [0.2, 0.25) is 5.02 Å². The number of aryl methyl sites for hydroxylation is 2. The molecule has 21 heavy (non-hydrogen) atoms. The monoisotopic (exact) mass is 303 g/mol. The molecule has 0 saturated carbocycles. The summed E-state index contributed by atoms with van der Waals surface area (Å²) in [5.74, 6) is -0.622. The molecule has 0 saturated heterocycles. The van der Waals surface area contributed by atoms with E-state index in [1.807, 2.05) is 26.0 Å². The van der Waals surface area contributed by atoms with Crippen LogP contribution in [0.1, 0.15) is 27.2 Å². The Morgan fingerprint density at radius 1 is 1.38 bits per heavy atom. The molecule has 0 fully saturated rings. The summed E-state index contributed by atoms with van der Waals surface area (Å²) in [6.45, 7) is 3.88. The summed E-state index contributed by atoms with van der Waals surface area (Å²) in [4.78, 5) is 11.9. The molecule has 2 rings (SSSR count). The fourth-order valence-corrected chi connectivity index (χ4v) is 2.36. The van der Waals surface area contributed by atoms with Crippen LogP contribution in [0.25, 0.3) is 5.69 Å². The molecule has 2 N–H and O–H groups in total. The van der Waals surface area contributed by atoms with Crippen molar-refractivity contribution < 1.29 is 9.53 Å². The van der Waals surface area contributed by atoms with Crippen molar-refractivity contribution >= 4 is 23.3 Å². The van der Waals surface area contributed by atoms with E-state index in [0.29, 0.717) is 10.7 Å². The molecule has 0 radical (unpaired) electrons. The molecule has 1 heterocycles. The lowest BCUT2D eigenvalue weighted by Crippen LogP contribution is -2.11. The van der Waals surface area contributed by atoms with Crippen molar-refractivity contribution in [2.24, 2.45) is 0 Å². The number of halogens is 1. The van der Waals surface area contributed by atoms with Gasteiger partial charge in [-0.25, -0.2) is 4.79 Å². The maximum atomic E-state index is 11.9. The molecular formula is C15H14ClN3O2. The largest absolute Gasteiger partial charge is 0.464 e. The predicted octanol–water partition coefficient (Wildman–Crippen LogP) is 2.99. The Morgan fingerprint density at radius 2 is 2.00 bits per heavy atom. The number of hydrogen-bond acceptors (Lipinski definition) is 4. The number of aromatic nitrogens is 1. The Kier molecular flexibility index (Phi) is 3.92. The van der Waals surface area contributed by atoms with Gasteiger partial charge in [0.2, 0.25) is 0 Å². The number of nitrogen functional groups attached to an aromatic ring is 1. The highest BCUT2D eigenvalue weighted by atomic mass is 35.5. The lowest BCUT2D eigenvalue weighted by atomic mass is 10.1. The van der Waals surface area contributed by atoms with Crippen LogP contribution in [0.5, 0.6) is 0 Å². The average Bonchev–Trinajstić information content (AvgIpc) is 2.78. The lowest BCUT2D eigenvalue weighted by Gasteiger charge is -2.12. The zero-order chi connectivity index (χ0) is 15.7. The number of carbonyl (C=O) groups is 1. The third-order valence-corrected chi connectivity index (χ3v) is 3.67. The molecule has 5 nitrogen and oxygen atoms in total.